The zero-order chi connectivity index (χ0) is 14.1. The van der Waals surface area contributed by atoms with E-state index in [1.165, 1.54) is 11.1 Å². The third kappa shape index (κ3) is 2.37. The first-order valence-electron chi connectivity index (χ1n) is 6.69. The second kappa shape index (κ2) is 4.96. The summed E-state index contributed by atoms with van der Waals surface area (Å²) in [4.78, 5) is 6.91. The molecule has 1 aromatic rings. The molecule has 20 heavy (non-hydrogen) atoms. The summed E-state index contributed by atoms with van der Waals surface area (Å²) in [5.41, 5.74) is 3.57. The van der Waals surface area contributed by atoms with Crippen molar-refractivity contribution in [2.24, 2.45) is 10.1 Å². The lowest BCUT2D eigenvalue weighted by Gasteiger charge is -2.22. The standard InChI is InChI=1S/C16H18N4/c1-12-8-9-15-17-16(18-19(2)3)14-7-5-4-6-13(14)11-20(15)10-12/h4-10H,11H2,1-3H3/b18-16-. The van der Waals surface area contributed by atoms with E-state index in [0.717, 1.165) is 23.8 Å². The summed E-state index contributed by atoms with van der Waals surface area (Å²) in [7, 11) is 3.83. The minimum Gasteiger partial charge on any atom is -0.328 e. The van der Waals surface area contributed by atoms with Crippen LogP contribution < -0.4 is 0 Å². The molecule has 0 N–H and O–H groups in total. The van der Waals surface area contributed by atoms with E-state index in [1.807, 2.05) is 26.2 Å². The number of fused-ring (bicyclic) bond motifs is 2. The lowest BCUT2D eigenvalue weighted by Crippen LogP contribution is -2.25. The largest absolute Gasteiger partial charge is 0.328 e. The van der Waals surface area contributed by atoms with E-state index in [0.29, 0.717) is 0 Å². The van der Waals surface area contributed by atoms with Crippen molar-refractivity contribution in [1.82, 2.24) is 9.91 Å². The molecule has 4 heteroatoms. The smallest absolute Gasteiger partial charge is 0.181 e. The van der Waals surface area contributed by atoms with E-state index >= 15 is 0 Å². The Morgan fingerprint density at radius 1 is 1.20 bits per heavy atom. The van der Waals surface area contributed by atoms with Crippen LogP contribution in [0.15, 0.2) is 58.3 Å². The third-order valence-corrected chi connectivity index (χ3v) is 3.26. The molecule has 4 nitrogen and oxygen atoms in total. The van der Waals surface area contributed by atoms with Crippen LogP contribution in [-0.2, 0) is 6.54 Å². The van der Waals surface area contributed by atoms with Crippen LogP contribution in [0.5, 0.6) is 0 Å². The second-order valence-corrected chi connectivity index (χ2v) is 5.23. The van der Waals surface area contributed by atoms with Gasteiger partial charge in [0.2, 0.25) is 0 Å². The molecule has 2 aliphatic heterocycles. The number of hydrazone groups is 1. The maximum Gasteiger partial charge on any atom is 0.181 e. The maximum absolute atomic E-state index is 4.73. The van der Waals surface area contributed by atoms with E-state index in [1.54, 1.807) is 5.01 Å². The van der Waals surface area contributed by atoms with E-state index in [4.69, 9.17) is 4.99 Å². The van der Waals surface area contributed by atoms with Gasteiger partial charge in [-0.05, 0) is 24.1 Å². The Labute approximate surface area is 119 Å². The zero-order valence-corrected chi connectivity index (χ0v) is 12.0. The maximum atomic E-state index is 4.73. The molecular weight excluding hydrogens is 248 g/mol. The van der Waals surface area contributed by atoms with Crippen LogP contribution in [0.3, 0.4) is 0 Å². The summed E-state index contributed by atoms with van der Waals surface area (Å²) in [5.74, 6) is 1.70. The molecule has 0 saturated heterocycles. The number of hydrogen-bond donors (Lipinski definition) is 0. The first kappa shape index (κ1) is 12.7. The summed E-state index contributed by atoms with van der Waals surface area (Å²) in [6.45, 7) is 2.92. The van der Waals surface area contributed by atoms with Crippen molar-refractivity contribution >= 4 is 11.7 Å². The third-order valence-electron chi connectivity index (χ3n) is 3.26. The van der Waals surface area contributed by atoms with E-state index in [-0.39, 0.29) is 0 Å². The molecular formula is C16H18N4. The molecule has 2 aliphatic rings. The van der Waals surface area contributed by atoms with Gasteiger partial charge >= 0.3 is 0 Å². The van der Waals surface area contributed by atoms with Gasteiger partial charge < -0.3 is 9.91 Å². The number of nitrogens with zero attached hydrogens (tertiary/aromatic N) is 4. The summed E-state index contributed by atoms with van der Waals surface area (Å²) in [6, 6.07) is 8.32. The molecule has 0 aromatic heterocycles. The van der Waals surface area contributed by atoms with Crippen LogP contribution in [0.25, 0.3) is 0 Å². The highest BCUT2D eigenvalue weighted by atomic mass is 15.4. The molecule has 3 rings (SSSR count). The molecule has 0 saturated carbocycles. The quantitative estimate of drug-likeness (QED) is 0.732. The molecule has 0 amide bonds. The van der Waals surface area contributed by atoms with Crippen molar-refractivity contribution in [1.29, 1.82) is 0 Å². The number of benzene rings is 1. The molecule has 0 radical (unpaired) electrons. The van der Waals surface area contributed by atoms with Crippen LogP contribution in [-0.4, -0.2) is 35.7 Å². The average Bonchev–Trinajstić information content (AvgIpc) is 2.55. The fourth-order valence-electron chi connectivity index (χ4n) is 2.38. The van der Waals surface area contributed by atoms with Gasteiger partial charge in [-0.3, -0.25) is 0 Å². The first-order chi connectivity index (χ1) is 9.63. The van der Waals surface area contributed by atoms with Crippen molar-refractivity contribution in [2.45, 2.75) is 13.5 Å². The summed E-state index contributed by atoms with van der Waals surface area (Å²) < 4.78 is 0. The lowest BCUT2D eigenvalue weighted by atomic mass is 10.1. The Bertz CT molecular complexity index is 650. The molecule has 0 atom stereocenters. The van der Waals surface area contributed by atoms with Crippen molar-refractivity contribution in [3.8, 4) is 0 Å². The fourth-order valence-corrected chi connectivity index (χ4v) is 2.38. The van der Waals surface area contributed by atoms with Crippen molar-refractivity contribution in [2.75, 3.05) is 14.1 Å². The monoisotopic (exact) mass is 266 g/mol. The highest BCUT2D eigenvalue weighted by Crippen LogP contribution is 2.21. The number of rotatable bonds is 1. The van der Waals surface area contributed by atoms with Crippen LogP contribution in [0.1, 0.15) is 18.1 Å². The fraction of sp³-hybridized carbons (Fsp3) is 0.250. The summed E-state index contributed by atoms with van der Waals surface area (Å²) in [5, 5.41) is 6.32. The predicted octanol–water partition coefficient (Wildman–Crippen LogP) is 2.60. The summed E-state index contributed by atoms with van der Waals surface area (Å²) in [6.07, 6.45) is 6.26. The number of amidine groups is 2. The zero-order valence-electron chi connectivity index (χ0n) is 12.0. The van der Waals surface area contributed by atoms with Crippen molar-refractivity contribution < 1.29 is 0 Å². The number of allylic oxidation sites excluding steroid dienone is 2. The van der Waals surface area contributed by atoms with Gasteiger partial charge in [-0.2, -0.15) is 5.10 Å². The van der Waals surface area contributed by atoms with Gasteiger partial charge in [0.15, 0.2) is 5.84 Å². The lowest BCUT2D eigenvalue weighted by molar-refractivity contribution is 0.437. The minimum absolute atomic E-state index is 0.765. The van der Waals surface area contributed by atoms with Gasteiger partial charge in [0, 0.05) is 32.4 Å². The van der Waals surface area contributed by atoms with Crippen molar-refractivity contribution in [3.63, 3.8) is 0 Å². The van der Waals surface area contributed by atoms with Crippen LogP contribution in [0.4, 0.5) is 0 Å². The highest BCUT2D eigenvalue weighted by Gasteiger charge is 2.20. The Morgan fingerprint density at radius 2 is 2.00 bits per heavy atom. The minimum atomic E-state index is 0.765. The van der Waals surface area contributed by atoms with E-state index in [2.05, 4.69) is 47.4 Å². The SMILES string of the molecule is CC1=CN2Cc3ccccc3/C(=N/N(C)C)N=C2C=C1. The Kier molecular flexibility index (Phi) is 3.14. The van der Waals surface area contributed by atoms with Crippen LogP contribution in [0.2, 0.25) is 0 Å². The Morgan fingerprint density at radius 3 is 2.80 bits per heavy atom. The van der Waals surface area contributed by atoms with E-state index < -0.39 is 0 Å². The summed E-state index contributed by atoms with van der Waals surface area (Å²) >= 11 is 0. The molecule has 0 spiro atoms. The van der Waals surface area contributed by atoms with Gasteiger partial charge in [0.1, 0.15) is 5.84 Å². The van der Waals surface area contributed by atoms with Gasteiger partial charge in [-0.15, -0.1) is 0 Å². The number of aliphatic imine (C=N–C) groups is 1. The molecule has 2 heterocycles. The number of hydrogen-bond acceptors (Lipinski definition) is 3. The van der Waals surface area contributed by atoms with E-state index in [9.17, 15) is 0 Å². The normalized spacial score (nSPS) is 18.9. The van der Waals surface area contributed by atoms with Gasteiger partial charge in [-0.25, -0.2) is 4.99 Å². The van der Waals surface area contributed by atoms with Crippen LogP contribution in [0, 0.1) is 0 Å². The van der Waals surface area contributed by atoms with Gasteiger partial charge in [0.25, 0.3) is 0 Å². The topological polar surface area (TPSA) is 31.2 Å². The molecule has 1 aromatic carbocycles. The first-order valence-corrected chi connectivity index (χ1v) is 6.69. The van der Waals surface area contributed by atoms with Gasteiger partial charge in [-0.1, -0.05) is 30.3 Å². The molecule has 0 fully saturated rings. The van der Waals surface area contributed by atoms with Gasteiger partial charge in [0.05, 0.1) is 0 Å². The predicted molar refractivity (Wildman–Crippen MR) is 82.5 cm³/mol. The Balaban J connectivity index is 2.15. The molecule has 0 bridgehead atoms. The average molecular weight is 266 g/mol. The molecule has 0 unspecified atom stereocenters. The highest BCUT2D eigenvalue weighted by molar-refractivity contribution is 6.11. The second-order valence-electron chi connectivity index (χ2n) is 5.23. The van der Waals surface area contributed by atoms with Crippen LogP contribution >= 0.6 is 0 Å². The Hall–Kier alpha value is -2.36. The van der Waals surface area contributed by atoms with Crippen molar-refractivity contribution in [3.05, 3.63) is 59.3 Å². The molecule has 102 valence electrons. The molecule has 0 aliphatic carbocycles.